The van der Waals surface area contributed by atoms with Crippen molar-refractivity contribution in [3.05, 3.63) is 63.5 Å². The fourth-order valence-corrected chi connectivity index (χ4v) is 1.99. The van der Waals surface area contributed by atoms with Gasteiger partial charge in [0.2, 0.25) is 5.82 Å². The lowest BCUT2D eigenvalue weighted by Gasteiger charge is -2.12. The second kappa shape index (κ2) is 6.21. The molecule has 2 aromatic carbocycles. The molecule has 2 rings (SSSR count). The Morgan fingerprint density at radius 3 is 2.76 bits per heavy atom. The average molecular weight is 290 g/mol. The molecule has 0 saturated carbocycles. The molecular weight excluding hydrogens is 275 g/mol. The van der Waals surface area contributed by atoms with Crippen molar-refractivity contribution >= 4 is 11.4 Å². The van der Waals surface area contributed by atoms with Crippen LogP contribution in [0.4, 0.5) is 15.8 Å². The number of hydrogen-bond donors (Lipinski definition) is 1. The second-order valence-corrected chi connectivity index (χ2v) is 4.56. The Balaban J connectivity index is 2.23. The minimum Gasteiger partial charge on any atom is -0.495 e. The minimum atomic E-state index is -0.818. The molecule has 5 nitrogen and oxygen atoms in total. The fraction of sp³-hybridized carbons (Fsp3) is 0.200. The number of ether oxygens (including phenoxy) is 1. The van der Waals surface area contributed by atoms with Crippen LogP contribution in [0.1, 0.15) is 11.1 Å². The van der Waals surface area contributed by atoms with Crippen molar-refractivity contribution in [3.63, 3.8) is 0 Å². The lowest BCUT2D eigenvalue weighted by Crippen LogP contribution is -2.05. The molecule has 1 N–H and O–H groups in total. The molecule has 0 aliphatic heterocycles. The van der Waals surface area contributed by atoms with Crippen LogP contribution in [-0.4, -0.2) is 12.0 Å². The molecule has 0 aromatic heterocycles. The minimum absolute atomic E-state index is 0.132. The monoisotopic (exact) mass is 290 g/mol. The first-order valence-corrected chi connectivity index (χ1v) is 6.33. The van der Waals surface area contributed by atoms with Gasteiger partial charge in [-0.25, -0.2) is 0 Å². The molecule has 0 saturated heterocycles. The van der Waals surface area contributed by atoms with E-state index < -0.39 is 16.4 Å². The second-order valence-electron chi connectivity index (χ2n) is 4.56. The van der Waals surface area contributed by atoms with E-state index in [0.29, 0.717) is 11.4 Å². The van der Waals surface area contributed by atoms with Gasteiger partial charge in [0.15, 0.2) is 0 Å². The predicted octanol–water partition coefficient (Wildman–Crippen LogP) is 3.66. The van der Waals surface area contributed by atoms with Crippen LogP contribution in [0.25, 0.3) is 0 Å². The van der Waals surface area contributed by atoms with Crippen LogP contribution in [0.3, 0.4) is 0 Å². The number of anilines is 1. The van der Waals surface area contributed by atoms with Crippen LogP contribution in [0.15, 0.2) is 36.4 Å². The Morgan fingerprint density at radius 1 is 1.33 bits per heavy atom. The van der Waals surface area contributed by atoms with Crippen molar-refractivity contribution in [2.24, 2.45) is 0 Å². The maximum absolute atomic E-state index is 14.0. The number of benzene rings is 2. The van der Waals surface area contributed by atoms with Crippen LogP contribution < -0.4 is 10.1 Å². The fourth-order valence-electron chi connectivity index (χ4n) is 1.99. The van der Waals surface area contributed by atoms with Crippen molar-refractivity contribution in [3.8, 4) is 5.75 Å². The number of nitro groups is 1. The van der Waals surface area contributed by atoms with Crippen LogP contribution in [0.5, 0.6) is 5.75 Å². The highest BCUT2D eigenvalue weighted by Crippen LogP contribution is 2.27. The summed E-state index contributed by atoms with van der Waals surface area (Å²) in [7, 11) is 1.55. The molecule has 21 heavy (non-hydrogen) atoms. The van der Waals surface area contributed by atoms with Gasteiger partial charge in [-0.05, 0) is 24.6 Å². The number of halogens is 1. The standard InChI is InChI=1S/C15H15FN2O3/c1-10-6-7-14(21-2)12(8-10)17-9-11-4-3-5-13(15(11)16)18(19)20/h3-8,17H,9H2,1-2H3. The smallest absolute Gasteiger partial charge is 0.305 e. The van der Waals surface area contributed by atoms with Crippen molar-refractivity contribution in [1.82, 2.24) is 0 Å². The van der Waals surface area contributed by atoms with Crippen molar-refractivity contribution in [2.45, 2.75) is 13.5 Å². The summed E-state index contributed by atoms with van der Waals surface area (Å²) < 4.78 is 19.2. The van der Waals surface area contributed by atoms with Crippen LogP contribution in [0, 0.1) is 22.9 Å². The normalized spacial score (nSPS) is 10.2. The Morgan fingerprint density at radius 2 is 2.10 bits per heavy atom. The van der Waals surface area contributed by atoms with E-state index in [0.717, 1.165) is 11.6 Å². The summed E-state index contributed by atoms with van der Waals surface area (Å²) >= 11 is 0. The molecule has 6 heteroatoms. The average Bonchev–Trinajstić information content (AvgIpc) is 2.46. The van der Waals surface area contributed by atoms with Crippen molar-refractivity contribution < 1.29 is 14.1 Å². The number of nitrogens with one attached hydrogen (secondary N) is 1. The van der Waals surface area contributed by atoms with E-state index in [1.165, 1.54) is 12.1 Å². The summed E-state index contributed by atoms with van der Waals surface area (Å²) in [6.07, 6.45) is 0. The van der Waals surface area contributed by atoms with Gasteiger partial charge in [0.05, 0.1) is 17.7 Å². The SMILES string of the molecule is COc1ccc(C)cc1NCc1cccc([N+](=O)[O-])c1F. The summed E-state index contributed by atoms with van der Waals surface area (Å²) in [4.78, 5) is 9.99. The first kappa shape index (κ1) is 14.8. The molecule has 0 radical (unpaired) electrons. The zero-order valence-electron chi connectivity index (χ0n) is 11.7. The van der Waals surface area contributed by atoms with Crippen molar-refractivity contribution in [2.75, 3.05) is 12.4 Å². The van der Waals surface area contributed by atoms with Gasteiger partial charge in [0.25, 0.3) is 0 Å². The molecule has 0 bridgehead atoms. The van der Waals surface area contributed by atoms with Crippen LogP contribution in [0.2, 0.25) is 0 Å². The number of hydrogen-bond acceptors (Lipinski definition) is 4. The van der Waals surface area contributed by atoms with Gasteiger partial charge < -0.3 is 10.1 Å². The maximum atomic E-state index is 14.0. The van der Waals surface area contributed by atoms with Gasteiger partial charge in [-0.15, -0.1) is 0 Å². The third-order valence-electron chi connectivity index (χ3n) is 3.08. The molecule has 0 aliphatic carbocycles. The Bertz CT molecular complexity index is 674. The summed E-state index contributed by atoms with van der Waals surface area (Å²) in [5.41, 5.74) is 1.44. The molecule has 2 aromatic rings. The molecule has 0 unspecified atom stereocenters. The Kier molecular flexibility index (Phi) is 4.37. The lowest BCUT2D eigenvalue weighted by molar-refractivity contribution is -0.387. The van der Waals surface area contributed by atoms with E-state index in [4.69, 9.17) is 4.74 Å². The van der Waals surface area contributed by atoms with Gasteiger partial charge in [0.1, 0.15) is 5.75 Å². The molecule has 0 aliphatic rings. The Labute approximate surface area is 121 Å². The molecule has 0 atom stereocenters. The van der Waals surface area contributed by atoms with E-state index in [1.54, 1.807) is 7.11 Å². The summed E-state index contributed by atoms with van der Waals surface area (Å²) in [5, 5.41) is 13.8. The third-order valence-corrected chi connectivity index (χ3v) is 3.08. The molecular formula is C15H15FN2O3. The quantitative estimate of drug-likeness (QED) is 0.674. The molecule has 110 valence electrons. The van der Waals surface area contributed by atoms with Gasteiger partial charge in [0, 0.05) is 18.2 Å². The van der Waals surface area contributed by atoms with Gasteiger partial charge in [-0.1, -0.05) is 18.2 Å². The van der Waals surface area contributed by atoms with E-state index in [-0.39, 0.29) is 12.1 Å². The number of nitro benzene ring substituents is 1. The van der Waals surface area contributed by atoms with Crippen LogP contribution in [-0.2, 0) is 6.54 Å². The maximum Gasteiger partial charge on any atom is 0.305 e. The summed E-state index contributed by atoms with van der Waals surface area (Å²) in [5.74, 6) is -0.187. The highest BCUT2D eigenvalue weighted by Gasteiger charge is 2.17. The summed E-state index contributed by atoms with van der Waals surface area (Å²) in [6.45, 7) is 2.06. The van der Waals surface area contributed by atoms with Crippen LogP contribution >= 0.6 is 0 Å². The predicted molar refractivity (Wildman–Crippen MR) is 78.1 cm³/mol. The first-order valence-electron chi connectivity index (χ1n) is 6.33. The topological polar surface area (TPSA) is 64.4 Å². The lowest BCUT2D eigenvalue weighted by atomic mass is 10.1. The largest absolute Gasteiger partial charge is 0.495 e. The molecule has 0 amide bonds. The van der Waals surface area contributed by atoms with E-state index in [9.17, 15) is 14.5 Å². The van der Waals surface area contributed by atoms with E-state index >= 15 is 0 Å². The highest BCUT2D eigenvalue weighted by molar-refractivity contribution is 5.58. The van der Waals surface area contributed by atoms with E-state index in [2.05, 4.69) is 5.32 Å². The molecule has 0 spiro atoms. The summed E-state index contributed by atoms with van der Waals surface area (Å²) in [6, 6.07) is 9.70. The Hall–Kier alpha value is -2.63. The number of methoxy groups -OCH3 is 1. The molecule has 0 heterocycles. The number of aryl methyl sites for hydroxylation is 1. The van der Waals surface area contributed by atoms with Gasteiger partial charge in [-0.2, -0.15) is 4.39 Å². The van der Waals surface area contributed by atoms with E-state index in [1.807, 2.05) is 25.1 Å². The zero-order valence-corrected chi connectivity index (χ0v) is 11.7. The number of rotatable bonds is 5. The van der Waals surface area contributed by atoms with Gasteiger partial charge in [-0.3, -0.25) is 10.1 Å². The first-order chi connectivity index (χ1) is 10.0. The van der Waals surface area contributed by atoms with Gasteiger partial charge >= 0.3 is 5.69 Å². The zero-order chi connectivity index (χ0) is 15.4. The third kappa shape index (κ3) is 3.28. The number of nitrogens with zero attached hydrogens (tertiary/aromatic N) is 1. The van der Waals surface area contributed by atoms with Crippen molar-refractivity contribution in [1.29, 1.82) is 0 Å². The highest BCUT2D eigenvalue weighted by atomic mass is 19.1. The molecule has 0 fully saturated rings.